The van der Waals surface area contributed by atoms with Crippen LogP contribution in [0, 0.1) is 5.92 Å². The highest BCUT2D eigenvalue weighted by molar-refractivity contribution is 6.30. The van der Waals surface area contributed by atoms with Crippen molar-refractivity contribution < 1.29 is 42.2 Å². The number of nitrogens with one attached hydrogen (secondary N) is 1. The Bertz CT molecular complexity index is 1090. The molecule has 2 aromatic rings. The molecule has 0 radical (unpaired) electrons. The lowest BCUT2D eigenvalue weighted by molar-refractivity contribution is -0.931. The van der Waals surface area contributed by atoms with Crippen LogP contribution in [0.1, 0.15) is 25.7 Å². The maximum absolute atomic E-state index is 12.5. The van der Waals surface area contributed by atoms with Crippen LogP contribution in [0.15, 0.2) is 42.5 Å². The third-order valence-corrected chi connectivity index (χ3v) is 7.22. The first-order valence-corrected chi connectivity index (χ1v) is 11.8. The van der Waals surface area contributed by atoms with Gasteiger partial charge in [0.1, 0.15) is 11.7 Å². The number of phenolic OH excluding ortho intramolecular Hbond substituents is 1. The standard InChI is InChI=1S/C23H27ClN2O3.C2HF3O2/c1-26(2)18-6-7-19(26)11-15(10-18)14-29-23(28)25-22-9-8-20(27)13-21(22)16-4-3-5-17(24)12-16;3-2(4,5)1(6)7/h3-5,8-9,12-13,15,18-19H,6-7,10-11,14H2,1-2H3,(H-,25,27,28);(H,6,7)/t15-,18+,19-;. The Balaban J connectivity index is 0.000000454. The molecule has 0 spiro atoms. The lowest BCUT2D eigenvalue weighted by Crippen LogP contribution is -2.55. The summed E-state index contributed by atoms with van der Waals surface area (Å²) in [6.07, 6.45) is -0.882. The van der Waals surface area contributed by atoms with Crippen LogP contribution >= 0.6 is 11.6 Å². The number of ether oxygens (including phenoxy) is 1. The lowest BCUT2D eigenvalue weighted by atomic mass is 9.90. The van der Waals surface area contributed by atoms with Crippen molar-refractivity contribution in [2.75, 3.05) is 26.0 Å². The molecule has 2 fully saturated rings. The monoisotopic (exact) mass is 528 g/mol. The van der Waals surface area contributed by atoms with Gasteiger partial charge in [0, 0.05) is 42.2 Å². The number of hydrogen-bond donors (Lipinski definition) is 2. The zero-order valence-corrected chi connectivity index (χ0v) is 20.6. The largest absolute Gasteiger partial charge is 0.542 e. The van der Waals surface area contributed by atoms with Gasteiger partial charge in [-0.05, 0) is 35.9 Å². The topological polar surface area (TPSA) is 98.7 Å². The smallest absolute Gasteiger partial charge is 0.430 e. The summed E-state index contributed by atoms with van der Waals surface area (Å²) in [6, 6.07) is 13.5. The Morgan fingerprint density at radius 1 is 1.14 bits per heavy atom. The van der Waals surface area contributed by atoms with Crippen LogP contribution in [0.25, 0.3) is 11.1 Å². The predicted molar refractivity (Wildman–Crippen MR) is 126 cm³/mol. The number of aliphatic carboxylic acids is 1. The van der Waals surface area contributed by atoms with Gasteiger partial charge in [-0.25, -0.2) is 4.79 Å². The van der Waals surface area contributed by atoms with Gasteiger partial charge in [-0.2, -0.15) is 13.2 Å². The second kappa shape index (κ2) is 11.0. The Morgan fingerprint density at radius 3 is 2.31 bits per heavy atom. The Labute approximate surface area is 212 Å². The van der Waals surface area contributed by atoms with E-state index in [9.17, 15) is 23.1 Å². The minimum Gasteiger partial charge on any atom is -0.542 e. The van der Waals surface area contributed by atoms with E-state index in [1.54, 1.807) is 30.3 Å². The first kappa shape index (κ1) is 27.6. The zero-order chi connectivity index (χ0) is 26.7. The van der Waals surface area contributed by atoms with E-state index in [0.717, 1.165) is 22.9 Å². The number of phenols is 1. The first-order chi connectivity index (χ1) is 16.8. The van der Waals surface area contributed by atoms with Crippen molar-refractivity contribution in [2.24, 2.45) is 5.92 Å². The number of hydrogen-bond acceptors (Lipinski definition) is 5. The van der Waals surface area contributed by atoms with Crippen molar-refractivity contribution in [3.63, 3.8) is 0 Å². The lowest BCUT2D eigenvalue weighted by Gasteiger charge is -2.44. The minimum absolute atomic E-state index is 0.123. The van der Waals surface area contributed by atoms with Crippen molar-refractivity contribution in [3.05, 3.63) is 47.5 Å². The first-order valence-electron chi connectivity index (χ1n) is 11.4. The average Bonchev–Trinajstić information content (AvgIpc) is 2.95. The van der Waals surface area contributed by atoms with E-state index in [4.69, 9.17) is 26.2 Å². The molecule has 0 saturated carbocycles. The van der Waals surface area contributed by atoms with Gasteiger partial charge in [0.2, 0.25) is 0 Å². The molecule has 2 aliphatic heterocycles. The van der Waals surface area contributed by atoms with Crippen LogP contribution in [0.2, 0.25) is 5.02 Å². The van der Waals surface area contributed by atoms with E-state index in [0.29, 0.717) is 40.9 Å². The molecular weight excluding hydrogens is 501 g/mol. The third-order valence-electron chi connectivity index (χ3n) is 6.98. The van der Waals surface area contributed by atoms with Gasteiger partial charge < -0.3 is 24.2 Å². The number of quaternary nitrogens is 1. The summed E-state index contributed by atoms with van der Waals surface area (Å²) < 4.78 is 38.2. The molecule has 2 N–H and O–H groups in total. The van der Waals surface area contributed by atoms with Crippen LogP contribution < -0.4 is 10.4 Å². The number of rotatable bonds is 4. The Kier molecular flexibility index (Phi) is 8.40. The number of amides is 1. The van der Waals surface area contributed by atoms with Gasteiger partial charge >= 0.3 is 12.3 Å². The summed E-state index contributed by atoms with van der Waals surface area (Å²) in [7, 11) is 4.66. The number of fused-ring (bicyclic) bond motifs is 2. The number of halogens is 4. The van der Waals surface area contributed by atoms with Gasteiger partial charge in [0.05, 0.1) is 38.5 Å². The van der Waals surface area contributed by atoms with Crippen molar-refractivity contribution in [1.82, 2.24) is 0 Å². The van der Waals surface area contributed by atoms with Crippen molar-refractivity contribution in [3.8, 4) is 16.9 Å². The third kappa shape index (κ3) is 6.82. The second-order valence-corrected chi connectivity index (χ2v) is 10.0. The van der Waals surface area contributed by atoms with Gasteiger partial charge in [-0.3, -0.25) is 5.32 Å². The SMILES string of the molecule is C[N+]1(C)[C@@H]2CC[C@H]1C[C@@H](COC(=O)Nc1ccc(O)cc1-c1cccc(Cl)c1)C2.O=C([O-])C(F)(F)F. The molecule has 2 heterocycles. The van der Waals surface area contributed by atoms with Crippen molar-refractivity contribution >= 4 is 29.4 Å². The van der Waals surface area contributed by atoms with E-state index in [1.807, 2.05) is 12.1 Å². The van der Waals surface area contributed by atoms with Gasteiger partial charge in [0.15, 0.2) is 0 Å². The number of carboxylic acids is 1. The van der Waals surface area contributed by atoms with E-state index >= 15 is 0 Å². The summed E-state index contributed by atoms with van der Waals surface area (Å²) >= 11 is 6.10. The fourth-order valence-corrected chi connectivity index (χ4v) is 5.20. The van der Waals surface area contributed by atoms with E-state index in [1.165, 1.54) is 12.8 Å². The van der Waals surface area contributed by atoms with Gasteiger partial charge in [0.25, 0.3) is 0 Å². The van der Waals surface area contributed by atoms with Crippen LogP contribution in [-0.2, 0) is 9.53 Å². The molecule has 2 bridgehead atoms. The van der Waals surface area contributed by atoms with Gasteiger partial charge in [-0.1, -0.05) is 23.7 Å². The number of piperidine rings is 1. The number of alkyl halides is 3. The van der Waals surface area contributed by atoms with Crippen LogP contribution in [-0.4, -0.2) is 60.6 Å². The molecular formula is C25H28ClF3N2O5. The number of aromatic hydroxyl groups is 1. The summed E-state index contributed by atoms with van der Waals surface area (Å²) in [5, 5.41) is 22.1. The fourth-order valence-electron chi connectivity index (χ4n) is 5.00. The normalized spacial score (nSPS) is 22.2. The number of carboxylic acid groups (broad SMARTS) is 1. The molecule has 4 rings (SSSR count). The molecule has 0 aliphatic carbocycles. The Hall–Kier alpha value is -2.98. The highest BCUT2D eigenvalue weighted by Gasteiger charge is 2.48. The molecule has 0 aromatic heterocycles. The molecule has 3 atom stereocenters. The van der Waals surface area contributed by atoms with E-state index in [2.05, 4.69) is 19.4 Å². The second-order valence-electron chi connectivity index (χ2n) is 9.60. The molecule has 7 nitrogen and oxygen atoms in total. The fraction of sp³-hybridized carbons (Fsp3) is 0.440. The maximum atomic E-state index is 12.5. The molecule has 2 aliphatic rings. The number of carbonyl (C=O) groups is 2. The quantitative estimate of drug-likeness (QED) is 0.447. The molecule has 2 saturated heterocycles. The number of carbonyl (C=O) groups excluding carboxylic acids is 2. The minimum atomic E-state index is -5.19. The average molecular weight is 529 g/mol. The number of nitrogens with zero attached hydrogens (tertiary/aromatic N) is 1. The Morgan fingerprint density at radius 2 is 1.75 bits per heavy atom. The van der Waals surface area contributed by atoms with Crippen molar-refractivity contribution in [1.29, 1.82) is 0 Å². The highest BCUT2D eigenvalue weighted by Crippen LogP contribution is 2.42. The molecule has 11 heteroatoms. The molecule has 0 unspecified atom stereocenters. The maximum Gasteiger partial charge on any atom is 0.430 e. The number of anilines is 1. The van der Waals surface area contributed by atoms with E-state index in [-0.39, 0.29) is 5.75 Å². The molecule has 196 valence electrons. The predicted octanol–water partition coefficient (Wildman–Crippen LogP) is 4.58. The van der Waals surface area contributed by atoms with Crippen LogP contribution in [0.4, 0.5) is 23.7 Å². The number of benzene rings is 2. The van der Waals surface area contributed by atoms with Gasteiger partial charge in [-0.15, -0.1) is 0 Å². The summed E-state index contributed by atoms with van der Waals surface area (Å²) in [4.78, 5) is 21.3. The molecule has 1 amide bonds. The summed E-state index contributed by atoms with van der Waals surface area (Å²) in [5.41, 5.74) is 2.09. The van der Waals surface area contributed by atoms with Crippen molar-refractivity contribution in [2.45, 2.75) is 43.9 Å². The zero-order valence-electron chi connectivity index (χ0n) is 19.8. The van der Waals surface area contributed by atoms with E-state index < -0.39 is 18.2 Å². The molecule has 36 heavy (non-hydrogen) atoms. The summed E-state index contributed by atoms with van der Waals surface area (Å²) in [6.45, 7) is 0.448. The molecule has 2 aromatic carbocycles. The van der Waals surface area contributed by atoms with Crippen LogP contribution in [0.3, 0.4) is 0 Å². The van der Waals surface area contributed by atoms with Crippen LogP contribution in [0.5, 0.6) is 5.75 Å². The summed E-state index contributed by atoms with van der Waals surface area (Å²) in [5.74, 6) is -2.46. The highest BCUT2D eigenvalue weighted by atomic mass is 35.5.